The number of nitrogens with two attached hydrogens (primary N) is 1. The van der Waals surface area contributed by atoms with Gasteiger partial charge in [-0.1, -0.05) is 13.8 Å². The molecule has 0 fully saturated rings. The smallest absolute Gasteiger partial charge is 0.260 e. The van der Waals surface area contributed by atoms with Crippen molar-refractivity contribution < 1.29 is 9.47 Å². The maximum Gasteiger partial charge on any atom is 0.260 e. The molecule has 2 N–H and O–H groups in total. The Labute approximate surface area is 165 Å². The van der Waals surface area contributed by atoms with E-state index in [4.69, 9.17) is 15.2 Å². The lowest BCUT2D eigenvalue weighted by Crippen LogP contribution is -2.29. The number of rotatable bonds is 7. The summed E-state index contributed by atoms with van der Waals surface area (Å²) in [4.78, 5) is 17.2. The van der Waals surface area contributed by atoms with Crippen LogP contribution in [0.1, 0.15) is 31.5 Å². The molecule has 0 saturated carbocycles. The summed E-state index contributed by atoms with van der Waals surface area (Å²) in [6.07, 6.45) is 2.63. The fraction of sp³-hybridized carbons (Fsp3) is 0.455. The molecule has 28 heavy (non-hydrogen) atoms. The van der Waals surface area contributed by atoms with Crippen molar-refractivity contribution in [2.45, 2.75) is 39.8 Å². The number of hydrogen-bond donors (Lipinski definition) is 1. The molecule has 6 heteroatoms. The van der Waals surface area contributed by atoms with E-state index in [1.807, 2.05) is 25.1 Å². The predicted octanol–water partition coefficient (Wildman–Crippen LogP) is 3.29. The summed E-state index contributed by atoms with van der Waals surface area (Å²) in [6, 6.07) is 5.81. The number of aromatic nitrogens is 2. The van der Waals surface area contributed by atoms with Gasteiger partial charge in [0.1, 0.15) is 12.4 Å². The monoisotopic (exact) mass is 383 g/mol. The molecule has 0 bridgehead atoms. The molecule has 2 heterocycles. The molecular formula is C22H29N3O3. The van der Waals surface area contributed by atoms with E-state index in [1.54, 1.807) is 24.9 Å². The Hall–Kier alpha value is -2.44. The highest BCUT2D eigenvalue weighted by molar-refractivity contribution is 6.06. The van der Waals surface area contributed by atoms with Crippen LogP contribution in [0.2, 0.25) is 0 Å². The number of methoxy groups -OCH3 is 1. The summed E-state index contributed by atoms with van der Waals surface area (Å²) in [7, 11) is 3.44. The average molecular weight is 383 g/mol. The normalized spacial score (nSPS) is 12.8. The van der Waals surface area contributed by atoms with Gasteiger partial charge in [-0.05, 0) is 36.8 Å². The zero-order chi connectivity index (χ0) is 20.4. The Bertz CT molecular complexity index is 1060. The quantitative estimate of drug-likeness (QED) is 0.633. The molecule has 0 amide bonds. The predicted molar refractivity (Wildman–Crippen MR) is 113 cm³/mol. The van der Waals surface area contributed by atoms with Crippen LogP contribution in [0.3, 0.4) is 0 Å². The number of hydrogen-bond acceptors (Lipinski definition) is 5. The van der Waals surface area contributed by atoms with Crippen LogP contribution < -0.4 is 16.0 Å². The van der Waals surface area contributed by atoms with Crippen molar-refractivity contribution in [3.05, 3.63) is 46.0 Å². The molecule has 0 radical (unpaired) electrons. The molecule has 0 aliphatic rings. The molecule has 150 valence electrons. The van der Waals surface area contributed by atoms with E-state index in [0.717, 1.165) is 34.0 Å². The second-order valence-electron chi connectivity index (χ2n) is 7.79. The Balaban J connectivity index is 2.15. The molecule has 0 saturated heterocycles. The summed E-state index contributed by atoms with van der Waals surface area (Å²) in [5.74, 6) is 1.21. The van der Waals surface area contributed by atoms with E-state index < -0.39 is 0 Å². The van der Waals surface area contributed by atoms with Crippen molar-refractivity contribution in [3.63, 3.8) is 0 Å². The number of fused-ring (bicyclic) bond motifs is 3. The molecule has 1 atom stereocenters. The van der Waals surface area contributed by atoms with Gasteiger partial charge in [0.05, 0.1) is 23.2 Å². The van der Waals surface area contributed by atoms with Gasteiger partial charge in [-0.25, -0.2) is 0 Å². The van der Waals surface area contributed by atoms with E-state index in [-0.39, 0.29) is 11.6 Å². The van der Waals surface area contributed by atoms with Crippen LogP contribution in [-0.2, 0) is 18.4 Å². The van der Waals surface area contributed by atoms with Gasteiger partial charge in [0.25, 0.3) is 5.56 Å². The maximum atomic E-state index is 12.9. The van der Waals surface area contributed by atoms with Crippen molar-refractivity contribution in [3.8, 4) is 5.75 Å². The minimum absolute atomic E-state index is 0.0414. The minimum Gasteiger partial charge on any atom is -0.492 e. The van der Waals surface area contributed by atoms with Crippen LogP contribution in [0, 0.1) is 12.8 Å². The fourth-order valence-corrected chi connectivity index (χ4v) is 3.72. The van der Waals surface area contributed by atoms with Crippen LogP contribution in [0.4, 0.5) is 0 Å². The molecule has 6 nitrogen and oxygen atoms in total. The molecule has 0 unspecified atom stereocenters. The van der Waals surface area contributed by atoms with Crippen molar-refractivity contribution >= 4 is 21.7 Å². The molecule has 0 aliphatic heterocycles. The second kappa shape index (κ2) is 8.29. The third kappa shape index (κ3) is 3.88. The molecule has 3 rings (SSSR count). The highest BCUT2D eigenvalue weighted by Crippen LogP contribution is 2.31. The Morgan fingerprint density at radius 1 is 1.25 bits per heavy atom. The Morgan fingerprint density at radius 2 is 2.00 bits per heavy atom. The van der Waals surface area contributed by atoms with Gasteiger partial charge in [-0.3, -0.25) is 9.78 Å². The summed E-state index contributed by atoms with van der Waals surface area (Å²) >= 11 is 0. The van der Waals surface area contributed by atoms with Crippen LogP contribution in [0.15, 0.2) is 29.2 Å². The topological polar surface area (TPSA) is 79.4 Å². The number of aryl methyl sites for hydroxylation is 2. The molecule has 0 spiro atoms. The van der Waals surface area contributed by atoms with Crippen molar-refractivity contribution in [2.75, 3.05) is 13.7 Å². The summed E-state index contributed by atoms with van der Waals surface area (Å²) in [5, 5.41) is 2.52. The zero-order valence-electron chi connectivity index (χ0n) is 17.3. The van der Waals surface area contributed by atoms with Crippen molar-refractivity contribution in [1.29, 1.82) is 0 Å². The maximum absolute atomic E-state index is 12.9. The first-order valence-electron chi connectivity index (χ1n) is 9.61. The molecule has 0 aliphatic carbocycles. The standard InChI is InChI=1S/C22H29N3O3/c1-13(2)8-16(23)12-28-20-10-19-18(9-15(20)11-27-5)17-6-7-24-14(3)21(17)22(26)25(19)4/h6-7,9-10,13,16H,8,11-12,23H2,1-5H3/t16-/m0/s1. The van der Waals surface area contributed by atoms with Gasteiger partial charge in [0.2, 0.25) is 0 Å². The molecule has 2 aromatic heterocycles. The average Bonchev–Trinajstić information content (AvgIpc) is 2.64. The van der Waals surface area contributed by atoms with E-state index in [9.17, 15) is 4.79 Å². The van der Waals surface area contributed by atoms with Gasteiger partial charge < -0.3 is 19.8 Å². The molecular weight excluding hydrogens is 354 g/mol. The molecule has 1 aromatic carbocycles. The Morgan fingerprint density at radius 3 is 2.68 bits per heavy atom. The van der Waals surface area contributed by atoms with Gasteiger partial charge in [-0.2, -0.15) is 0 Å². The third-order valence-electron chi connectivity index (χ3n) is 5.02. The minimum atomic E-state index is -0.0601. The van der Waals surface area contributed by atoms with E-state index in [1.165, 1.54) is 0 Å². The zero-order valence-corrected chi connectivity index (χ0v) is 17.3. The number of pyridine rings is 2. The summed E-state index contributed by atoms with van der Waals surface area (Å²) < 4.78 is 13.1. The summed E-state index contributed by atoms with van der Waals surface area (Å²) in [6.45, 7) is 6.98. The largest absolute Gasteiger partial charge is 0.492 e. The van der Waals surface area contributed by atoms with Crippen LogP contribution in [0.5, 0.6) is 5.75 Å². The number of benzene rings is 1. The lowest BCUT2D eigenvalue weighted by molar-refractivity contribution is 0.178. The highest BCUT2D eigenvalue weighted by Gasteiger charge is 2.16. The van der Waals surface area contributed by atoms with Crippen LogP contribution in [-0.4, -0.2) is 29.3 Å². The van der Waals surface area contributed by atoms with E-state index in [0.29, 0.717) is 30.3 Å². The number of ether oxygens (including phenoxy) is 2. The van der Waals surface area contributed by atoms with Crippen molar-refractivity contribution in [1.82, 2.24) is 9.55 Å². The van der Waals surface area contributed by atoms with Gasteiger partial charge in [0, 0.05) is 43.4 Å². The fourth-order valence-electron chi connectivity index (χ4n) is 3.72. The molecule has 3 aromatic rings. The first-order valence-corrected chi connectivity index (χ1v) is 9.61. The van der Waals surface area contributed by atoms with Crippen molar-refractivity contribution in [2.24, 2.45) is 18.7 Å². The first kappa shape index (κ1) is 20.3. The lowest BCUT2D eigenvalue weighted by Gasteiger charge is -2.19. The SMILES string of the molecule is COCc1cc2c3ccnc(C)c3c(=O)n(C)c2cc1OC[C@@H](N)CC(C)C. The third-order valence-corrected chi connectivity index (χ3v) is 5.02. The second-order valence-corrected chi connectivity index (χ2v) is 7.79. The Kier molecular flexibility index (Phi) is 6.01. The highest BCUT2D eigenvalue weighted by atomic mass is 16.5. The van der Waals surface area contributed by atoms with Crippen LogP contribution in [0.25, 0.3) is 21.7 Å². The van der Waals surface area contributed by atoms with Crippen LogP contribution >= 0.6 is 0 Å². The van der Waals surface area contributed by atoms with Gasteiger partial charge in [-0.15, -0.1) is 0 Å². The number of nitrogens with zero attached hydrogens (tertiary/aromatic N) is 2. The summed E-state index contributed by atoms with van der Waals surface area (Å²) in [5.41, 5.74) is 8.60. The first-order chi connectivity index (χ1) is 13.3. The van der Waals surface area contributed by atoms with E-state index >= 15 is 0 Å². The van der Waals surface area contributed by atoms with E-state index in [2.05, 4.69) is 18.8 Å². The van der Waals surface area contributed by atoms with Gasteiger partial charge in [0.15, 0.2) is 0 Å². The lowest BCUT2D eigenvalue weighted by atomic mass is 10.0. The van der Waals surface area contributed by atoms with Gasteiger partial charge >= 0.3 is 0 Å².